The molecule has 1 amide bonds. The topological polar surface area (TPSA) is 80.9 Å². The SMILES string of the molecule is Cc1sc2ncnc(NC(C)(C)C(N)=O)c2c1C. The number of primary amides is 1. The maximum Gasteiger partial charge on any atom is 0.242 e. The van der Waals surface area contributed by atoms with Crippen molar-refractivity contribution in [3.63, 3.8) is 0 Å². The lowest BCUT2D eigenvalue weighted by molar-refractivity contribution is -0.121. The molecule has 0 saturated heterocycles. The Labute approximate surface area is 109 Å². The van der Waals surface area contributed by atoms with E-state index in [-0.39, 0.29) is 0 Å². The minimum absolute atomic E-state index is 0.418. The Morgan fingerprint density at radius 1 is 1.39 bits per heavy atom. The maximum atomic E-state index is 11.4. The smallest absolute Gasteiger partial charge is 0.242 e. The van der Waals surface area contributed by atoms with Gasteiger partial charge >= 0.3 is 0 Å². The van der Waals surface area contributed by atoms with Crippen LogP contribution >= 0.6 is 11.3 Å². The number of rotatable bonds is 3. The summed E-state index contributed by atoms with van der Waals surface area (Å²) in [4.78, 5) is 22.0. The van der Waals surface area contributed by atoms with Crippen molar-refractivity contribution in [2.45, 2.75) is 33.2 Å². The highest BCUT2D eigenvalue weighted by atomic mass is 32.1. The van der Waals surface area contributed by atoms with Crippen molar-refractivity contribution in [1.82, 2.24) is 9.97 Å². The summed E-state index contributed by atoms with van der Waals surface area (Å²) >= 11 is 1.62. The summed E-state index contributed by atoms with van der Waals surface area (Å²) in [6, 6.07) is 0. The van der Waals surface area contributed by atoms with E-state index in [9.17, 15) is 4.79 Å². The van der Waals surface area contributed by atoms with Gasteiger partial charge in [0.1, 0.15) is 22.5 Å². The highest BCUT2D eigenvalue weighted by molar-refractivity contribution is 7.18. The van der Waals surface area contributed by atoms with Crippen LogP contribution in [0.2, 0.25) is 0 Å². The summed E-state index contributed by atoms with van der Waals surface area (Å²) in [5, 5.41) is 4.06. The fourth-order valence-corrected chi connectivity index (χ4v) is 2.63. The lowest BCUT2D eigenvalue weighted by atomic mass is 10.0. The Morgan fingerprint density at radius 2 is 2.06 bits per heavy atom. The normalized spacial score (nSPS) is 11.8. The number of anilines is 1. The molecule has 2 heterocycles. The molecule has 0 fully saturated rings. The number of amides is 1. The average molecular weight is 264 g/mol. The Hall–Kier alpha value is -1.69. The number of nitrogens with zero attached hydrogens (tertiary/aromatic N) is 2. The van der Waals surface area contributed by atoms with Crippen molar-refractivity contribution in [2.75, 3.05) is 5.32 Å². The van der Waals surface area contributed by atoms with Crippen LogP contribution in [0.25, 0.3) is 10.2 Å². The van der Waals surface area contributed by atoms with Crippen molar-refractivity contribution in [2.24, 2.45) is 5.73 Å². The molecular formula is C12H16N4OS. The summed E-state index contributed by atoms with van der Waals surface area (Å²) in [5.74, 6) is 0.240. The van der Waals surface area contributed by atoms with Crippen molar-refractivity contribution < 1.29 is 4.79 Å². The van der Waals surface area contributed by atoms with E-state index in [1.807, 2.05) is 13.8 Å². The number of hydrogen-bond donors (Lipinski definition) is 2. The van der Waals surface area contributed by atoms with Crippen LogP contribution in [-0.4, -0.2) is 21.4 Å². The second kappa shape index (κ2) is 4.20. The second-order valence-electron chi connectivity index (χ2n) is 4.80. The largest absolute Gasteiger partial charge is 0.368 e. The van der Waals surface area contributed by atoms with Gasteiger partial charge in [0, 0.05) is 4.88 Å². The third-order valence-corrected chi connectivity index (χ3v) is 4.13. The molecule has 0 bridgehead atoms. The zero-order valence-corrected chi connectivity index (χ0v) is 11.7. The van der Waals surface area contributed by atoms with Gasteiger partial charge < -0.3 is 11.1 Å². The first kappa shape index (κ1) is 12.8. The minimum atomic E-state index is -0.844. The number of carbonyl (C=O) groups excluding carboxylic acids is 1. The van der Waals surface area contributed by atoms with Gasteiger partial charge in [-0.1, -0.05) is 0 Å². The summed E-state index contributed by atoms with van der Waals surface area (Å²) < 4.78 is 0. The third kappa shape index (κ3) is 2.03. The van der Waals surface area contributed by atoms with Crippen molar-refractivity contribution in [3.05, 3.63) is 16.8 Å². The van der Waals surface area contributed by atoms with Gasteiger partial charge in [0.05, 0.1) is 5.39 Å². The Balaban J connectivity index is 2.55. The first-order valence-corrected chi connectivity index (χ1v) is 6.43. The highest BCUT2D eigenvalue weighted by Gasteiger charge is 2.26. The number of thiophene rings is 1. The molecule has 5 nitrogen and oxygen atoms in total. The Kier molecular flexibility index (Phi) is 2.98. The predicted octanol–water partition coefficient (Wildman–Crippen LogP) is 1.98. The summed E-state index contributed by atoms with van der Waals surface area (Å²) in [6.07, 6.45) is 1.50. The second-order valence-corrected chi connectivity index (χ2v) is 6.00. The fourth-order valence-electron chi connectivity index (χ4n) is 1.63. The van der Waals surface area contributed by atoms with E-state index in [0.717, 1.165) is 15.8 Å². The zero-order chi connectivity index (χ0) is 13.5. The van der Waals surface area contributed by atoms with E-state index in [2.05, 4.69) is 15.3 Å². The minimum Gasteiger partial charge on any atom is -0.368 e. The molecule has 0 aromatic carbocycles. The van der Waals surface area contributed by atoms with Crippen LogP contribution in [0, 0.1) is 13.8 Å². The number of aromatic nitrogens is 2. The summed E-state index contributed by atoms with van der Waals surface area (Å²) in [6.45, 7) is 7.54. The van der Waals surface area contributed by atoms with Crippen molar-refractivity contribution in [3.8, 4) is 0 Å². The molecule has 0 radical (unpaired) electrons. The number of nitrogens with one attached hydrogen (secondary N) is 1. The monoisotopic (exact) mass is 264 g/mol. The zero-order valence-electron chi connectivity index (χ0n) is 10.9. The molecule has 2 rings (SSSR count). The van der Waals surface area contributed by atoms with Gasteiger partial charge in [-0.2, -0.15) is 0 Å². The number of hydrogen-bond acceptors (Lipinski definition) is 5. The molecule has 0 atom stereocenters. The number of nitrogens with two attached hydrogens (primary N) is 1. The van der Waals surface area contributed by atoms with E-state index < -0.39 is 11.4 Å². The van der Waals surface area contributed by atoms with E-state index in [4.69, 9.17) is 5.73 Å². The standard InChI is InChI=1S/C12H16N4OS/c1-6-7(2)18-10-8(6)9(14-5-15-10)16-12(3,4)11(13)17/h5H,1-4H3,(H2,13,17)(H,14,15,16). The van der Waals surface area contributed by atoms with Crippen LogP contribution in [0.15, 0.2) is 6.33 Å². The highest BCUT2D eigenvalue weighted by Crippen LogP contribution is 2.33. The van der Waals surface area contributed by atoms with E-state index in [1.54, 1.807) is 25.2 Å². The van der Waals surface area contributed by atoms with Crippen LogP contribution in [0.4, 0.5) is 5.82 Å². The van der Waals surface area contributed by atoms with Gasteiger partial charge in [-0.15, -0.1) is 11.3 Å². The Bertz CT molecular complexity index is 618. The van der Waals surface area contributed by atoms with E-state index in [1.165, 1.54) is 11.2 Å². The number of fused-ring (bicyclic) bond motifs is 1. The molecule has 0 aliphatic carbocycles. The first-order chi connectivity index (χ1) is 8.33. The van der Waals surface area contributed by atoms with Crippen LogP contribution in [0.3, 0.4) is 0 Å². The van der Waals surface area contributed by atoms with Gasteiger partial charge in [-0.25, -0.2) is 9.97 Å². The lowest BCUT2D eigenvalue weighted by Gasteiger charge is -2.23. The third-order valence-electron chi connectivity index (χ3n) is 3.01. The molecule has 0 aliphatic rings. The maximum absolute atomic E-state index is 11.4. The molecule has 6 heteroatoms. The Morgan fingerprint density at radius 3 is 2.67 bits per heavy atom. The molecule has 0 spiro atoms. The van der Waals surface area contributed by atoms with Gasteiger partial charge in [0.25, 0.3) is 0 Å². The number of carbonyl (C=O) groups is 1. The lowest BCUT2D eigenvalue weighted by Crippen LogP contribution is -2.45. The summed E-state index contributed by atoms with van der Waals surface area (Å²) in [7, 11) is 0. The van der Waals surface area contributed by atoms with Crippen molar-refractivity contribution >= 4 is 33.3 Å². The predicted molar refractivity (Wildman–Crippen MR) is 73.8 cm³/mol. The van der Waals surface area contributed by atoms with Crippen molar-refractivity contribution in [1.29, 1.82) is 0 Å². The van der Waals surface area contributed by atoms with E-state index >= 15 is 0 Å². The van der Waals surface area contributed by atoms with E-state index in [0.29, 0.717) is 5.82 Å². The van der Waals surface area contributed by atoms with Gasteiger partial charge in [-0.05, 0) is 33.3 Å². The molecule has 0 saturated carbocycles. The molecule has 0 aliphatic heterocycles. The number of aryl methyl sites for hydroxylation is 2. The molecular weight excluding hydrogens is 248 g/mol. The van der Waals surface area contributed by atoms with Crippen LogP contribution < -0.4 is 11.1 Å². The van der Waals surface area contributed by atoms with Gasteiger partial charge in [0.2, 0.25) is 5.91 Å². The molecule has 96 valence electrons. The van der Waals surface area contributed by atoms with Crippen LogP contribution in [0.1, 0.15) is 24.3 Å². The fraction of sp³-hybridized carbons (Fsp3) is 0.417. The summed E-state index contributed by atoms with van der Waals surface area (Å²) in [5.41, 5.74) is 5.66. The van der Waals surface area contributed by atoms with Gasteiger partial charge in [-0.3, -0.25) is 4.79 Å². The molecule has 2 aromatic rings. The molecule has 2 aromatic heterocycles. The van der Waals surface area contributed by atoms with Crippen LogP contribution in [-0.2, 0) is 4.79 Å². The quantitative estimate of drug-likeness (QED) is 0.888. The molecule has 3 N–H and O–H groups in total. The average Bonchev–Trinajstić information content (AvgIpc) is 2.55. The van der Waals surface area contributed by atoms with Gasteiger partial charge in [0.15, 0.2) is 0 Å². The molecule has 18 heavy (non-hydrogen) atoms. The first-order valence-electron chi connectivity index (χ1n) is 5.61. The van der Waals surface area contributed by atoms with Crippen LogP contribution in [0.5, 0.6) is 0 Å². The molecule has 0 unspecified atom stereocenters.